The molecule has 0 amide bonds. The lowest BCUT2D eigenvalue weighted by Crippen LogP contribution is -2.27. The van der Waals surface area contributed by atoms with Gasteiger partial charge >= 0.3 is 11.1 Å². The highest BCUT2D eigenvalue weighted by atomic mass is 35.5. The highest BCUT2D eigenvalue weighted by Crippen LogP contribution is 2.35. The summed E-state index contributed by atoms with van der Waals surface area (Å²) in [6, 6.07) is 8.28. The van der Waals surface area contributed by atoms with Gasteiger partial charge < -0.3 is 19.9 Å². The third-order valence-corrected chi connectivity index (χ3v) is 6.82. The van der Waals surface area contributed by atoms with Gasteiger partial charge in [0.15, 0.2) is 0 Å². The fourth-order valence-electron chi connectivity index (χ4n) is 3.43. The van der Waals surface area contributed by atoms with Crippen molar-refractivity contribution in [3.63, 3.8) is 0 Å². The smallest absolute Gasteiger partial charge is 0.323 e. The van der Waals surface area contributed by atoms with Gasteiger partial charge in [0.25, 0.3) is 5.78 Å². The van der Waals surface area contributed by atoms with Gasteiger partial charge in [-0.05, 0) is 36.4 Å². The minimum Gasteiger partial charge on any atom is -0.480 e. The number of anilines is 2. The Hall–Kier alpha value is -3.08. The second-order valence-electron chi connectivity index (χ2n) is 7.36. The first-order valence-electron chi connectivity index (χ1n) is 9.40. The SMILES string of the molecule is CN(C)c1c(C(=O)C(=O)S(=O)(=O)c2cc(Cl)cc(Cl)c2)n(C)c2cc(NCC(=O)O)ccc12. The van der Waals surface area contributed by atoms with Crippen molar-refractivity contribution >= 4 is 72.2 Å². The summed E-state index contributed by atoms with van der Waals surface area (Å²) in [6.45, 7) is -0.318. The van der Waals surface area contributed by atoms with Gasteiger partial charge in [0, 0.05) is 42.3 Å². The number of carboxylic acids is 1. The van der Waals surface area contributed by atoms with Crippen molar-refractivity contribution in [1.82, 2.24) is 4.57 Å². The number of hydrogen-bond donors (Lipinski definition) is 2. The second-order valence-corrected chi connectivity index (χ2v) is 10.1. The lowest BCUT2D eigenvalue weighted by molar-refractivity contribution is -0.134. The molecular formula is C21H19Cl2N3O6S. The summed E-state index contributed by atoms with van der Waals surface area (Å²) in [4.78, 5) is 38.1. The highest BCUT2D eigenvalue weighted by Gasteiger charge is 2.36. The van der Waals surface area contributed by atoms with Crippen LogP contribution in [0.15, 0.2) is 41.3 Å². The summed E-state index contributed by atoms with van der Waals surface area (Å²) in [5.41, 5.74) is 1.18. The number of sulfone groups is 1. The van der Waals surface area contributed by atoms with Crippen molar-refractivity contribution in [2.24, 2.45) is 7.05 Å². The summed E-state index contributed by atoms with van der Waals surface area (Å²) in [6.07, 6.45) is 0. The molecule has 0 fully saturated rings. The van der Waals surface area contributed by atoms with E-state index in [1.165, 1.54) is 17.7 Å². The van der Waals surface area contributed by atoms with E-state index in [1.54, 1.807) is 37.2 Å². The number of aliphatic carboxylic acids is 1. The van der Waals surface area contributed by atoms with Crippen LogP contribution in [0, 0.1) is 0 Å². The summed E-state index contributed by atoms with van der Waals surface area (Å²) in [5, 5.41) is 10.6. The number of nitrogens with zero attached hydrogens (tertiary/aromatic N) is 2. The van der Waals surface area contributed by atoms with Crippen molar-refractivity contribution in [3.8, 4) is 0 Å². The van der Waals surface area contributed by atoms with E-state index in [9.17, 15) is 22.8 Å². The normalized spacial score (nSPS) is 11.4. The molecule has 174 valence electrons. The molecule has 3 aromatic rings. The van der Waals surface area contributed by atoms with E-state index in [4.69, 9.17) is 28.3 Å². The molecule has 0 spiro atoms. The standard InChI is InChI=1S/C21H19Cl2N3O6S/c1-25(2)18-15-5-4-13(24-10-17(27)28)9-16(15)26(3)19(18)20(29)21(30)33(31,32)14-7-11(22)6-12(23)8-14/h4-9,24H,10H2,1-3H3,(H,27,28). The third kappa shape index (κ3) is 4.68. The number of hydrogen-bond acceptors (Lipinski definition) is 7. The number of carbonyl (C=O) groups excluding carboxylic acids is 2. The average molecular weight is 512 g/mol. The third-order valence-electron chi connectivity index (χ3n) is 4.86. The second kappa shape index (κ2) is 9.05. The Morgan fingerprint density at radius 2 is 1.67 bits per heavy atom. The number of aromatic nitrogens is 1. The molecule has 0 aliphatic carbocycles. The molecule has 0 unspecified atom stereocenters. The Kier molecular flexibility index (Phi) is 6.73. The molecule has 1 aromatic heterocycles. The Morgan fingerprint density at radius 1 is 1.06 bits per heavy atom. The van der Waals surface area contributed by atoms with Crippen molar-refractivity contribution in [3.05, 3.63) is 52.1 Å². The lowest BCUT2D eigenvalue weighted by atomic mass is 10.1. The van der Waals surface area contributed by atoms with Crippen molar-refractivity contribution in [1.29, 1.82) is 0 Å². The largest absolute Gasteiger partial charge is 0.480 e. The summed E-state index contributed by atoms with van der Waals surface area (Å²) >= 11 is 11.7. The van der Waals surface area contributed by atoms with Gasteiger partial charge in [0.1, 0.15) is 12.2 Å². The zero-order valence-electron chi connectivity index (χ0n) is 17.7. The van der Waals surface area contributed by atoms with Crippen molar-refractivity contribution < 1.29 is 27.9 Å². The van der Waals surface area contributed by atoms with Gasteiger partial charge in [0.2, 0.25) is 9.84 Å². The molecule has 0 radical (unpaired) electrons. The zero-order chi connectivity index (χ0) is 24.7. The Labute approximate surface area is 199 Å². The molecule has 1 heterocycles. The number of halogens is 2. The van der Waals surface area contributed by atoms with Crippen LogP contribution in [-0.4, -0.2) is 55.6 Å². The highest BCUT2D eigenvalue weighted by molar-refractivity contribution is 8.08. The zero-order valence-corrected chi connectivity index (χ0v) is 20.0. The predicted octanol–water partition coefficient (Wildman–Crippen LogP) is 3.23. The maximum absolute atomic E-state index is 13.2. The molecule has 0 saturated heterocycles. The molecular weight excluding hydrogens is 493 g/mol. The number of nitrogens with one attached hydrogen (secondary N) is 1. The number of aryl methyl sites for hydroxylation is 1. The number of fused-ring (bicyclic) bond motifs is 1. The van der Waals surface area contributed by atoms with Gasteiger partial charge in [-0.25, -0.2) is 8.42 Å². The number of carboxylic acid groups (broad SMARTS) is 1. The number of benzene rings is 2. The average Bonchev–Trinajstić information content (AvgIpc) is 3.02. The van der Waals surface area contributed by atoms with E-state index in [1.807, 2.05) is 0 Å². The number of Topliss-reactive ketones (excluding diaryl/α,β-unsaturated/α-hetero) is 1. The Morgan fingerprint density at radius 3 is 2.21 bits per heavy atom. The maximum atomic E-state index is 13.2. The van der Waals surface area contributed by atoms with Crippen molar-refractivity contribution in [2.75, 3.05) is 30.9 Å². The van der Waals surface area contributed by atoms with Gasteiger partial charge in [-0.3, -0.25) is 14.4 Å². The first-order valence-corrected chi connectivity index (χ1v) is 11.6. The molecule has 12 heteroatoms. The fourth-order valence-corrected chi connectivity index (χ4v) is 5.20. The maximum Gasteiger partial charge on any atom is 0.323 e. The molecule has 3 rings (SSSR count). The van der Waals surface area contributed by atoms with Crippen LogP contribution in [0.3, 0.4) is 0 Å². The van der Waals surface area contributed by atoms with Gasteiger partial charge in [-0.15, -0.1) is 0 Å². The fraction of sp³-hybridized carbons (Fsp3) is 0.190. The number of ketones is 1. The van der Waals surface area contributed by atoms with Crippen LogP contribution in [-0.2, 0) is 26.5 Å². The van der Waals surface area contributed by atoms with E-state index in [2.05, 4.69) is 5.32 Å². The minimum absolute atomic E-state index is 0.00120. The monoisotopic (exact) mass is 511 g/mol. The van der Waals surface area contributed by atoms with Crippen molar-refractivity contribution in [2.45, 2.75) is 4.90 Å². The van der Waals surface area contributed by atoms with Crippen LogP contribution in [0.4, 0.5) is 11.4 Å². The summed E-state index contributed by atoms with van der Waals surface area (Å²) in [7, 11) is 0.0938. The van der Waals surface area contributed by atoms with Crippen LogP contribution in [0.5, 0.6) is 0 Å². The Bertz CT molecular complexity index is 1390. The van der Waals surface area contributed by atoms with Gasteiger partial charge in [0.05, 0.1) is 16.1 Å². The summed E-state index contributed by atoms with van der Waals surface area (Å²) < 4.78 is 27.2. The first-order chi connectivity index (χ1) is 15.3. The molecule has 2 aromatic carbocycles. The topological polar surface area (TPSA) is 126 Å². The van der Waals surface area contributed by atoms with E-state index >= 15 is 0 Å². The Balaban J connectivity index is 2.14. The van der Waals surface area contributed by atoms with E-state index in [0.29, 0.717) is 22.3 Å². The minimum atomic E-state index is -4.72. The lowest BCUT2D eigenvalue weighted by Gasteiger charge is -2.14. The number of carbonyl (C=O) groups is 3. The molecule has 0 bridgehead atoms. The van der Waals surface area contributed by atoms with E-state index in [-0.39, 0.29) is 22.3 Å². The molecule has 2 N–H and O–H groups in total. The molecule has 0 atom stereocenters. The number of rotatable bonds is 7. The van der Waals surface area contributed by atoms with Crippen LogP contribution < -0.4 is 10.2 Å². The van der Waals surface area contributed by atoms with Gasteiger partial charge in [-0.2, -0.15) is 0 Å². The molecule has 0 saturated carbocycles. The van der Waals surface area contributed by atoms with Gasteiger partial charge in [-0.1, -0.05) is 23.2 Å². The van der Waals surface area contributed by atoms with Crippen LogP contribution >= 0.6 is 23.2 Å². The molecule has 0 aliphatic rings. The van der Waals surface area contributed by atoms with Crippen LogP contribution in [0.25, 0.3) is 10.9 Å². The molecule has 0 aliphatic heterocycles. The summed E-state index contributed by atoms with van der Waals surface area (Å²) in [5.74, 6) is -2.28. The predicted molar refractivity (Wildman–Crippen MR) is 126 cm³/mol. The first kappa shape index (κ1) is 24.6. The van der Waals surface area contributed by atoms with E-state index in [0.717, 1.165) is 12.1 Å². The van der Waals surface area contributed by atoms with E-state index < -0.39 is 31.6 Å². The molecule has 33 heavy (non-hydrogen) atoms. The molecule has 9 nitrogen and oxygen atoms in total. The van der Waals surface area contributed by atoms with Crippen LogP contribution in [0.2, 0.25) is 10.0 Å². The van der Waals surface area contributed by atoms with Crippen LogP contribution in [0.1, 0.15) is 10.5 Å². The quantitative estimate of drug-likeness (QED) is 0.365.